The van der Waals surface area contributed by atoms with Crippen molar-refractivity contribution in [2.45, 2.75) is 31.2 Å². The van der Waals surface area contributed by atoms with Gasteiger partial charge in [-0.3, -0.25) is 4.79 Å². The van der Waals surface area contributed by atoms with Crippen LogP contribution in [0.1, 0.15) is 25.8 Å². The van der Waals surface area contributed by atoms with Gasteiger partial charge < -0.3 is 0 Å². The van der Waals surface area contributed by atoms with Crippen molar-refractivity contribution in [3.63, 3.8) is 0 Å². The van der Waals surface area contributed by atoms with Gasteiger partial charge in [-0.1, -0.05) is 6.92 Å². The van der Waals surface area contributed by atoms with Crippen molar-refractivity contribution in [2.24, 2.45) is 0 Å². The third kappa shape index (κ3) is 3.39. The Balaban J connectivity index is 2.93. The Labute approximate surface area is 106 Å². The van der Waals surface area contributed by atoms with Gasteiger partial charge in [-0.2, -0.15) is 5.26 Å². The maximum atomic E-state index is 11.9. The Morgan fingerprint density at radius 2 is 1.94 bits per heavy atom. The third-order valence-corrected chi connectivity index (χ3v) is 4.01. The van der Waals surface area contributed by atoms with Crippen LogP contribution in [0.5, 0.6) is 0 Å². The lowest BCUT2D eigenvalue weighted by molar-refractivity contribution is -0.119. The number of rotatable bonds is 5. The Bertz CT molecular complexity index is 570. The lowest BCUT2D eigenvalue weighted by Crippen LogP contribution is -2.38. The number of benzene rings is 1. The summed E-state index contributed by atoms with van der Waals surface area (Å²) < 4.78 is 26.1. The van der Waals surface area contributed by atoms with Crippen LogP contribution in [0.25, 0.3) is 0 Å². The van der Waals surface area contributed by atoms with Crippen LogP contribution < -0.4 is 4.72 Å². The number of Topliss-reactive ketones (excluding diaryl/α,β-unsaturated/α-hetero) is 1. The Kier molecular flexibility index (Phi) is 4.59. The van der Waals surface area contributed by atoms with Crippen molar-refractivity contribution in [2.75, 3.05) is 0 Å². The van der Waals surface area contributed by atoms with Gasteiger partial charge in [-0.15, -0.1) is 0 Å². The van der Waals surface area contributed by atoms with Gasteiger partial charge in [-0.05, 0) is 31.2 Å². The molecular weight excluding hydrogens is 252 g/mol. The summed E-state index contributed by atoms with van der Waals surface area (Å²) in [4.78, 5) is 11.4. The molecule has 0 amide bonds. The SMILES string of the molecule is CCC(=O)C(C)NS(=O)(=O)c1ccc(C#N)cc1. The molecule has 0 saturated carbocycles. The topological polar surface area (TPSA) is 87.0 Å². The highest BCUT2D eigenvalue weighted by molar-refractivity contribution is 7.89. The lowest BCUT2D eigenvalue weighted by atomic mass is 10.2. The van der Waals surface area contributed by atoms with Crippen molar-refractivity contribution >= 4 is 15.8 Å². The van der Waals surface area contributed by atoms with Gasteiger partial charge in [-0.25, -0.2) is 13.1 Å². The van der Waals surface area contributed by atoms with E-state index >= 15 is 0 Å². The number of carbonyl (C=O) groups is 1. The van der Waals surface area contributed by atoms with E-state index in [1.165, 1.54) is 31.2 Å². The number of ketones is 1. The first-order chi connectivity index (χ1) is 8.40. The minimum Gasteiger partial charge on any atom is -0.298 e. The Hall–Kier alpha value is -1.71. The summed E-state index contributed by atoms with van der Waals surface area (Å²) in [6.07, 6.45) is 0.275. The van der Waals surface area contributed by atoms with Gasteiger partial charge in [0, 0.05) is 6.42 Å². The quantitative estimate of drug-likeness (QED) is 0.867. The van der Waals surface area contributed by atoms with Crippen LogP contribution in [-0.4, -0.2) is 20.2 Å². The van der Waals surface area contributed by atoms with E-state index < -0.39 is 16.1 Å². The smallest absolute Gasteiger partial charge is 0.241 e. The van der Waals surface area contributed by atoms with Crippen molar-refractivity contribution in [1.82, 2.24) is 4.72 Å². The zero-order chi connectivity index (χ0) is 13.8. The average molecular weight is 266 g/mol. The van der Waals surface area contributed by atoms with E-state index in [0.717, 1.165) is 0 Å². The fourth-order valence-corrected chi connectivity index (χ4v) is 2.61. The van der Waals surface area contributed by atoms with Crippen LogP contribution in [0, 0.1) is 11.3 Å². The molecule has 0 aliphatic rings. The molecule has 1 unspecified atom stereocenters. The van der Waals surface area contributed by atoms with Gasteiger partial charge >= 0.3 is 0 Å². The summed E-state index contributed by atoms with van der Waals surface area (Å²) in [5.41, 5.74) is 0.381. The predicted octanol–water partition coefficient (Wildman–Crippen LogP) is 1.20. The Morgan fingerprint density at radius 3 is 2.39 bits per heavy atom. The molecule has 1 aromatic carbocycles. The largest absolute Gasteiger partial charge is 0.298 e. The van der Waals surface area contributed by atoms with E-state index in [1.54, 1.807) is 6.92 Å². The molecule has 0 aromatic heterocycles. The minimum atomic E-state index is -3.72. The van der Waals surface area contributed by atoms with Crippen molar-refractivity contribution in [3.8, 4) is 6.07 Å². The van der Waals surface area contributed by atoms with E-state index in [2.05, 4.69) is 4.72 Å². The molecule has 5 nitrogen and oxygen atoms in total. The number of carbonyl (C=O) groups excluding carboxylic acids is 1. The molecule has 0 saturated heterocycles. The maximum Gasteiger partial charge on any atom is 0.241 e. The molecule has 6 heteroatoms. The number of sulfonamides is 1. The summed E-state index contributed by atoms with van der Waals surface area (Å²) in [5.74, 6) is -0.174. The lowest BCUT2D eigenvalue weighted by Gasteiger charge is -2.12. The first-order valence-electron chi connectivity index (χ1n) is 5.46. The second kappa shape index (κ2) is 5.76. The van der Waals surface area contributed by atoms with E-state index in [4.69, 9.17) is 5.26 Å². The van der Waals surface area contributed by atoms with E-state index in [-0.39, 0.29) is 17.1 Å². The molecule has 0 aliphatic carbocycles. The fraction of sp³-hybridized carbons (Fsp3) is 0.333. The monoisotopic (exact) mass is 266 g/mol. The van der Waals surface area contributed by atoms with Crippen molar-refractivity contribution in [1.29, 1.82) is 5.26 Å². The number of hydrogen-bond donors (Lipinski definition) is 1. The summed E-state index contributed by atoms with van der Waals surface area (Å²) in [5, 5.41) is 8.62. The molecule has 0 fully saturated rings. The van der Waals surface area contributed by atoms with Crippen LogP contribution in [0.15, 0.2) is 29.2 Å². The maximum absolute atomic E-state index is 11.9. The van der Waals surface area contributed by atoms with Gasteiger partial charge in [0.2, 0.25) is 10.0 Å². The van der Waals surface area contributed by atoms with Crippen LogP contribution in [0.2, 0.25) is 0 Å². The third-order valence-electron chi connectivity index (χ3n) is 2.46. The molecule has 0 heterocycles. The van der Waals surface area contributed by atoms with Gasteiger partial charge in [0.25, 0.3) is 0 Å². The molecule has 96 valence electrons. The van der Waals surface area contributed by atoms with Crippen LogP contribution >= 0.6 is 0 Å². The highest BCUT2D eigenvalue weighted by Crippen LogP contribution is 2.10. The van der Waals surface area contributed by atoms with Crippen molar-refractivity contribution in [3.05, 3.63) is 29.8 Å². The Morgan fingerprint density at radius 1 is 1.39 bits per heavy atom. The number of hydrogen-bond acceptors (Lipinski definition) is 4. The van der Waals surface area contributed by atoms with Gasteiger partial charge in [0.05, 0.1) is 22.6 Å². The zero-order valence-corrected chi connectivity index (χ0v) is 11.0. The average Bonchev–Trinajstić information content (AvgIpc) is 2.37. The number of nitrogens with zero attached hydrogens (tertiary/aromatic N) is 1. The minimum absolute atomic E-state index is 0.0391. The summed E-state index contributed by atoms with van der Waals surface area (Å²) in [6, 6.07) is 6.66. The first-order valence-corrected chi connectivity index (χ1v) is 6.94. The molecule has 0 spiro atoms. The van der Waals surface area contributed by atoms with Crippen LogP contribution in [-0.2, 0) is 14.8 Å². The van der Waals surface area contributed by atoms with E-state index in [0.29, 0.717) is 5.56 Å². The van der Waals surface area contributed by atoms with E-state index in [1.807, 2.05) is 6.07 Å². The molecule has 1 N–H and O–H groups in total. The molecule has 18 heavy (non-hydrogen) atoms. The number of nitrogens with one attached hydrogen (secondary N) is 1. The van der Waals surface area contributed by atoms with Crippen LogP contribution in [0.4, 0.5) is 0 Å². The predicted molar refractivity (Wildman–Crippen MR) is 66.2 cm³/mol. The number of nitriles is 1. The molecular formula is C12H14N2O3S. The summed E-state index contributed by atoms with van der Waals surface area (Å²) in [7, 11) is -3.72. The molecule has 1 rings (SSSR count). The molecule has 0 radical (unpaired) electrons. The standard InChI is InChI=1S/C12H14N2O3S/c1-3-12(15)9(2)14-18(16,17)11-6-4-10(8-13)5-7-11/h4-7,9,14H,3H2,1-2H3. The fourth-order valence-electron chi connectivity index (χ4n) is 1.38. The molecule has 0 bridgehead atoms. The van der Waals surface area contributed by atoms with Crippen LogP contribution in [0.3, 0.4) is 0 Å². The highest BCUT2D eigenvalue weighted by Gasteiger charge is 2.20. The second-order valence-corrected chi connectivity index (χ2v) is 5.51. The summed E-state index contributed by atoms with van der Waals surface area (Å²) >= 11 is 0. The van der Waals surface area contributed by atoms with Gasteiger partial charge in [0.15, 0.2) is 0 Å². The first kappa shape index (κ1) is 14.4. The molecule has 1 atom stereocenters. The zero-order valence-electron chi connectivity index (χ0n) is 10.2. The normalized spacial score (nSPS) is 12.7. The van der Waals surface area contributed by atoms with Crippen molar-refractivity contribution < 1.29 is 13.2 Å². The molecule has 0 aliphatic heterocycles. The van der Waals surface area contributed by atoms with E-state index in [9.17, 15) is 13.2 Å². The summed E-state index contributed by atoms with van der Waals surface area (Å²) in [6.45, 7) is 3.18. The molecule has 1 aromatic rings. The second-order valence-electron chi connectivity index (χ2n) is 3.80. The van der Waals surface area contributed by atoms with Gasteiger partial charge in [0.1, 0.15) is 5.78 Å². The highest BCUT2D eigenvalue weighted by atomic mass is 32.2.